The second-order valence-corrected chi connectivity index (χ2v) is 4.86. The van der Waals surface area contributed by atoms with Crippen LogP contribution in [-0.4, -0.2) is 30.3 Å². The molecule has 2 unspecified atom stereocenters. The summed E-state index contributed by atoms with van der Waals surface area (Å²) < 4.78 is 11.0. The smallest absolute Gasteiger partial charge is 0.311 e. The van der Waals surface area contributed by atoms with Crippen LogP contribution in [0.5, 0.6) is 5.75 Å². The van der Waals surface area contributed by atoms with Crippen molar-refractivity contribution < 1.29 is 14.4 Å². The zero-order chi connectivity index (χ0) is 14.5. The summed E-state index contributed by atoms with van der Waals surface area (Å²) in [6, 6.07) is 5.00. The van der Waals surface area contributed by atoms with Crippen LogP contribution in [0, 0.1) is 10.1 Å². The van der Waals surface area contributed by atoms with E-state index in [9.17, 15) is 10.1 Å². The lowest BCUT2D eigenvalue weighted by Crippen LogP contribution is -2.29. The summed E-state index contributed by atoms with van der Waals surface area (Å²) in [5, 5.41) is 14.2. The molecule has 1 heterocycles. The van der Waals surface area contributed by atoms with Gasteiger partial charge in [-0.05, 0) is 32.8 Å². The summed E-state index contributed by atoms with van der Waals surface area (Å²) in [5.41, 5.74) is 0.796. The standard InChI is InChI=1S/C14H20N2O4/c1-3-19-14-9-11(6-7-12(14)16(17)18)15-10(2)13-5-4-8-20-13/h6-7,9-10,13,15H,3-5,8H2,1-2H3. The first-order chi connectivity index (χ1) is 9.61. The van der Waals surface area contributed by atoms with Crippen molar-refractivity contribution in [1.29, 1.82) is 0 Å². The Morgan fingerprint density at radius 3 is 3.00 bits per heavy atom. The fourth-order valence-electron chi connectivity index (χ4n) is 2.38. The van der Waals surface area contributed by atoms with E-state index in [-0.39, 0.29) is 17.8 Å². The number of nitro groups is 1. The number of anilines is 1. The topological polar surface area (TPSA) is 73.6 Å². The molecule has 110 valence electrons. The summed E-state index contributed by atoms with van der Waals surface area (Å²) >= 11 is 0. The first-order valence-electron chi connectivity index (χ1n) is 6.91. The summed E-state index contributed by atoms with van der Waals surface area (Å²) in [6.07, 6.45) is 2.32. The van der Waals surface area contributed by atoms with Crippen molar-refractivity contribution >= 4 is 11.4 Å². The number of nitro benzene ring substituents is 1. The van der Waals surface area contributed by atoms with Gasteiger partial charge in [-0.25, -0.2) is 0 Å². The fourth-order valence-corrected chi connectivity index (χ4v) is 2.38. The van der Waals surface area contributed by atoms with Gasteiger partial charge in [0, 0.05) is 30.5 Å². The Morgan fingerprint density at radius 1 is 1.60 bits per heavy atom. The van der Waals surface area contributed by atoms with E-state index in [4.69, 9.17) is 9.47 Å². The number of benzene rings is 1. The number of hydrogen-bond acceptors (Lipinski definition) is 5. The molecule has 20 heavy (non-hydrogen) atoms. The number of ether oxygens (including phenoxy) is 2. The molecule has 0 saturated carbocycles. The minimum atomic E-state index is -0.432. The number of nitrogens with one attached hydrogen (secondary N) is 1. The first kappa shape index (κ1) is 14.6. The molecule has 1 saturated heterocycles. The van der Waals surface area contributed by atoms with Crippen LogP contribution in [0.15, 0.2) is 18.2 Å². The van der Waals surface area contributed by atoms with E-state index in [1.807, 2.05) is 0 Å². The minimum Gasteiger partial charge on any atom is -0.487 e. The van der Waals surface area contributed by atoms with Gasteiger partial charge in [-0.15, -0.1) is 0 Å². The summed E-state index contributed by atoms with van der Waals surface area (Å²) in [4.78, 5) is 10.5. The second-order valence-electron chi connectivity index (χ2n) is 4.86. The van der Waals surface area contributed by atoms with Crippen LogP contribution in [0.4, 0.5) is 11.4 Å². The van der Waals surface area contributed by atoms with Crippen molar-refractivity contribution in [3.05, 3.63) is 28.3 Å². The summed E-state index contributed by atoms with van der Waals surface area (Å²) in [5.74, 6) is 0.294. The van der Waals surface area contributed by atoms with E-state index in [1.165, 1.54) is 6.07 Å². The van der Waals surface area contributed by atoms with Crippen LogP contribution in [0.1, 0.15) is 26.7 Å². The maximum atomic E-state index is 10.9. The average molecular weight is 280 g/mol. The van der Waals surface area contributed by atoms with E-state index >= 15 is 0 Å². The lowest BCUT2D eigenvalue weighted by atomic mass is 10.1. The maximum absolute atomic E-state index is 10.9. The molecule has 6 heteroatoms. The molecule has 0 radical (unpaired) electrons. The Labute approximate surface area is 118 Å². The highest BCUT2D eigenvalue weighted by Gasteiger charge is 2.23. The Balaban J connectivity index is 2.11. The van der Waals surface area contributed by atoms with Gasteiger partial charge in [0.05, 0.1) is 17.6 Å². The lowest BCUT2D eigenvalue weighted by Gasteiger charge is -2.21. The van der Waals surface area contributed by atoms with Crippen molar-refractivity contribution in [2.24, 2.45) is 0 Å². The molecule has 0 aliphatic carbocycles. The molecule has 0 amide bonds. The molecule has 0 bridgehead atoms. The highest BCUT2D eigenvalue weighted by molar-refractivity contribution is 5.58. The largest absolute Gasteiger partial charge is 0.487 e. The van der Waals surface area contributed by atoms with Gasteiger partial charge in [-0.2, -0.15) is 0 Å². The first-order valence-corrected chi connectivity index (χ1v) is 6.91. The van der Waals surface area contributed by atoms with Gasteiger partial charge in [0.15, 0.2) is 5.75 Å². The lowest BCUT2D eigenvalue weighted by molar-refractivity contribution is -0.385. The van der Waals surface area contributed by atoms with Gasteiger partial charge in [0.25, 0.3) is 0 Å². The van der Waals surface area contributed by atoms with Crippen LogP contribution in [0.25, 0.3) is 0 Å². The molecule has 0 aromatic heterocycles. The van der Waals surface area contributed by atoms with Crippen LogP contribution in [0.2, 0.25) is 0 Å². The van der Waals surface area contributed by atoms with Crippen LogP contribution >= 0.6 is 0 Å². The number of hydrogen-bond donors (Lipinski definition) is 1. The molecule has 2 rings (SSSR count). The second kappa shape index (κ2) is 6.56. The Hall–Kier alpha value is -1.82. The quantitative estimate of drug-likeness (QED) is 0.640. The van der Waals surface area contributed by atoms with Crippen LogP contribution in [-0.2, 0) is 4.74 Å². The molecule has 1 aromatic carbocycles. The predicted molar refractivity (Wildman–Crippen MR) is 76.3 cm³/mol. The Bertz CT molecular complexity index is 472. The Kier molecular flexibility index (Phi) is 4.79. The van der Waals surface area contributed by atoms with Gasteiger partial charge < -0.3 is 14.8 Å². The van der Waals surface area contributed by atoms with Crippen molar-refractivity contribution in [1.82, 2.24) is 0 Å². The minimum absolute atomic E-state index is 0.0119. The highest BCUT2D eigenvalue weighted by atomic mass is 16.6. The molecular formula is C14H20N2O4. The van der Waals surface area contributed by atoms with Crippen molar-refractivity contribution in [2.45, 2.75) is 38.8 Å². The van der Waals surface area contributed by atoms with Gasteiger partial charge in [0.2, 0.25) is 0 Å². The molecule has 0 spiro atoms. The normalized spacial score (nSPS) is 19.6. The maximum Gasteiger partial charge on any atom is 0.311 e. The van der Waals surface area contributed by atoms with Gasteiger partial charge in [0.1, 0.15) is 0 Å². The summed E-state index contributed by atoms with van der Waals surface area (Å²) in [6.45, 7) is 5.06. The average Bonchev–Trinajstić information content (AvgIpc) is 2.93. The molecule has 1 aliphatic heterocycles. The molecule has 2 atom stereocenters. The van der Waals surface area contributed by atoms with Gasteiger partial charge >= 0.3 is 5.69 Å². The number of rotatable bonds is 6. The third-order valence-corrected chi connectivity index (χ3v) is 3.37. The molecule has 1 aliphatic rings. The number of nitrogens with zero attached hydrogens (tertiary/aromatic N) is 1. The third-order valence-electron chi connectivity index (χ3n) is 3.37. The molecule has 1 N–H and O–H groups in total. The van der Waals surface area contributed by atoms with E-state index in [0.717, 1.165) is 25.1 Å². The van der Waals surface area contributed by atoms with E-state index in [1.54, 1.807) is 19.1 Å². The molecule has 1 fully saturated rings. The van der Waals surface area contributed by atoms with Crippen molar-refractivity contribution in [2.75, 3.05) is 18.5 Å². The van der Waals surface area contributed by atoms with Gasteiger partial charge in [-0.1, -0.05) is 0 Å². The van der Waals surface area contributed by atoms with Crippen LogP contribution < -0.4 is 10.1 Å². The fraction of sp³-hybridized carbons (Fsp3) is 0.571. The Morgan fingerprint density at radius 2 is 2.40 bits per heavy atom. The van der Waals surface area contributed by atoms with Crippen LogP contribution in [0.3, 0.4) is 0 Å². The highest BCUT2D eigenvalue weighted by Crippen LogP contribution is 2.31. The zero-order valence-electron chi connectivity index (χ0n) is 11.8. The van der Waals surface area contributed by atoms with Gasteiger partial charge in [-0.3, -0.25) is 10.1 Å². The van der Waals surface area contributed by atoms with E-state index < -0.39 is 4.92 Å². The van der Waals surface area contributed by atoms with Crippen molar-refractivity contribution in [3.8, 4) is 5.75 Å². The van der Waals surface area contributed by atoms with E-state index in [2.05, 4.69) is 12.2 Å². The van der Waals surface area contributed by atoms with E-state index in [0.29, 0.717) is 12.4 Å². The SMILES string of the molecule is CCOc1cc(NC(C)C2CCCO2)ccc1[N+](=O)[O-]. The molecule has 6 nitrogen and oxygen atoms in total. The predicted octanol–water partition coefficient (Wildman–Crippen LogP) is 2.97. The molecular weight excluding hydrogens is 260 g/mol. The third kappa shape index (κ3) is 3.39. The zero-order valence-corrected chi connectivity index (χ0v) is 11.8. The monoisotopic (exact) mass is 280 g/mol. The summed E-state index contributed by atoms with van der Waals surface area (Å²) in [7, 11) is 0. The van der Waals surface area contributed by atoms with Crippen molar-refractivity contribution in [3.63, 3.8) is 0 Å². The molecule has 1 aromatic rings.